The van der Waals surface area contributed by atoms with Crippen molar-refractivity contribution in [3.05, 3.63) is 75.8 Å². The van der Waals surface area contributed by atoms with Gasteiger partial charge >= 0.3 is 0 Å². The summed E-state index contributed by atoms with van der Waals surface area (Å²) in [5, 5.41) is 5.79. The molecule has 5 rings (SSSR count). The molecule has 1 aliphatic rings. The maximum atomic E-state index is 13.3. The Kier molecular flexibility index (Phi) is 6.15. The van der Waals surface area contributed by atoms with Gasteiger partial charge in [-0.2, -0.15) is 5.10 Å². The van der Waals surface area contributed by atoms with Crippen LogP contribution in [0.5, 0.6) is 0 Å². The molecule has 0 bridgehead atoms. The molecule has 0 saturated carbocycles. The number of hydrogen-bond donors (Lipinski definition) is 0. The van der Waals surface area contributed by atoms with Crippen LogP contribution in [0.2, 0.25) is 5.02 Å². The summed E-state index contributed by atoms with van der Waals surface area (Å²) in [5.74, 6) is -0.691. The van der Waals surface area contributed by atoms with Crippen molar-refractivity contribution in [2.24, 2.45) is 0 Å². The first-order valence-corrected chi connectivity index (χ1v) is 12.0. The Morgan fingerprint density at radius 1 is 1.03 bits per heavy atom. The van der Waals surface area contributed by atoms with E-state index in [0.29, 0.717) is 39.0 Å². The molecule has 0 aliphatic carbocycles. The van der Waals surface area contributed by atoms with E-state index < -0.39 is 5.82 Å². The van der Waals surface area contributed by atoms with Crippen molar-refractivity contribution in [2.45, 2.75) is 26.7 Å². The fourth-order valence-electron chi connectivity index (χ4n) is 4.72. The van der Waals surface area contributed by atoms with Crippen molar-refractivity contribution in [1.82, 2.24) is 24.4 Å². The number of piperazine rings is 1. The van der Waals surface area contributed by atoms with Gasteiger partial charge in [-0.1, -0.05) is 23.7 Å². The number of nitrogens with zero attached hydrogens (tertiary/aromatic N) is 5. The van der Waals surface area contributed by atoms with E-state index in [-0.39, 0.29) is 22.4 Å². The van der Waals surface area contributed by atoms with E-state index in [9.17, 15) is 14.0 Å². The molecule has 9 heteroatoms. The second-order valence-electron chi connectivity index (χ2n) is 8.81. The number of amides is 2. The third-order valence-electron chi connectivity index (χ3n) is 6.69. The molecule has 35 heavy (non-hydrogen) atoms. The van der Waals surface area contributed by atoms with Crippen LogP contribution in [0.25, 0.3) is 16.6 Å². The van der Waals surface area contributed by atoms with Crippen LogP contribution in [0.1, 0.15) is 33.7 Å². The first kappa shape index (κ1) is 23.2. The minimum absolute atomic E-state index is 0.0430. The predicted octanol–water partition coefficient (Wildman–Crippen LogP) is 4.21. The lowest BCUT2D eigenvalue weighted by Crippen LogP contribution is -2.50. The molecular weight excluding hydrogens is 469 g/mol. The molecule has 0 unspecified atom stereocenters. The molecule has 0 spiro atoms. The van der Waals surface area contributed by atoms with Crippen LogP contribution in [0.3, 0.4) is 0 Å². The summed E-state index contributed by atoms with van der Waals surface area (Å²) in [5.41, 5.74) is 4.91. The second kappa shape index (κ2) is 9.26. The number of benzene rings is 2. The van der Waals surface area contributed by atoms with Crippen LogP contribution < -0.4 is 0 Å². The molecule has 1 saturated heterocycles. The van der Waals surface area contributed by atoms with Crippen molar-refractivity contribution >= 4 is 40.0 Å². The predicted molar refractivity (Wildman–Crippen MR) is 132 cm³/mol. The Hall–Kier alpha value is -3.52. The maximum Gasteiger partial charge on any atom is 0.255 e. The van der Waals surface area contributed by atoms with Gasteiger partial charge in [-0.25, -0.2) is 13.9 Å². The normalized spacial score (nSPS) is 14.2. The van der Waals surface area contributed by atoms with E-state index in [4.69, 9.17) is 16.6 Å². The number of fused-ring (bicyclic) bond motifs is 3. The topological polar surface area (TPSA) is 70.8 Å². The molecule has 0 radical (unpaired) electrons. The van der Waals surface area contributed by atoms with E-state index in [2.05, 4.69) is 5.10 Å². The number of hydrogen-bond acceptors (Lipinski definition) is 4. The van der Waals surface area contributed by atoms with Gasteiger partial charge in [0.1, 0.15) is 5.82 Å². The van der Waals surface area contributed by atoms with Crippen molar-refractivity contribution < 1.29 is 14.0 Å². The average Bonchev–Trinajstić information content (AvgIpc) is 3.22. The third kappa shape index (κ3) is 4.34. The fraction of sp³-hybridized carbons (Fsp3) is 0.308. The fourth-order valence-corrected chi connectivity index (χ4v) is 4.97. The highest BCUT2D eigenvalue weighted by Gasteiger charge is 2.26. The highest BCUT2D eigenvalue weighted by Crippen LogP contribution is 2.24. The van der Waals surface area contributed by atoms with Crippen LogP contribution in [-0.2, 0) is 11.2 Å². The lowest BCUT2D eigenvalue weighted by molar-refractivity contribution is -0.132. The van der Waals surface area contributed by atoms with E-state index >= 15 is 0 Å². The number of halogens is 2. The molecule has 3 heterocycles. The summed E-state index contributed by atoms with van der Waals surface area (Å²) >= 11 is 6.04. The molecule has 0 atom stereocenters. The molecule has 7 nitrogen and oxygen atoms in total. The largest absolute Gasteiger partial charge is 0.339 e. The molecule has 1 fully saturated rings. The molecule has 2 aromatic carbocycles. The van der Waals surface area contributed by atoms with Gasteiger partial charge in [-0.15, -0.1) is 0 Å². The first-order valence-electron chi connectivity index (χ1n) is 11.6. The quantitative estimate of drug-likeness (QED) is 0.427. The zero-order chi connectivity index (χ0) is 24.7. The lowest BCUT2D eigenvalue weighted by Gasteiger charge is -2.35. The van der Waals surface area contributed by atoms with Crippen LogP contribution in [0, 0.1) is 19.7 Å². The number of rotatable bonds is 4. The molecule has 1 aliphatic heterocycles. The van der Waals surface area contributed by atoms with Gasteiger partial charge in [-0.05, 0) is 56.2 Å². The Balaban J connectivity index is 1.23. The van der Waals surface area contributed by atoms with Gasteiger partial charge in [0.05, 0.1) is 16.1 Å². The number of carbonyl (C=O) groups is 2. The summed E-state index contributed by atoms with van der Waals surface area (Å²) in [4.78, 5) is 33.9. The summed E-state index contributed by atoms with van der Waals surface area (Å²) in [6.45, 7) is 5.69. The summed E-state index contributed by atoms with van der Waals surface area (Å²) < 4.78 is 15.2. The zero-order valence-corrected chi connectivity index (χ0v) is 20.3. The first-order chi connectivity index (χ1) is 16.8. The van der Waals surface area contributed by atoms with E-state index in [1.54, 1.807) is 9.80 Å². The molecule has 0 N–H and O–H groups in total. The maximum absolute atomic E-state index is 13.3. The van der Waals surface area contributed by atoms with E-state index in [1.165, 1.54) is 12.1 Å². The Labute approximate surface area is 207 Å². The minimum Gasteiger partial charge on any atom is -0.339 e. The summed E-state index contributed by atoms with van der Waals surface area (Å²) in [6, 6.07) is 11.7. The minimum atomic E-state index is -0.484. The van der Waals surface area contributed by atoms with Gasteiger partial charge < -0.3 is 9.80 Å². The summed E-state index contributed by atoms with van der Waals surface area (Å²) in [6.07, 6.45) is 0.924. The SMILES string of the molecule is Cc1nc2c3ccccc3nn2c(C)c1CCC(=O)N1CCN(C(=O)c2ccc(F)cc2Cl)CC1. The monoisotopic (exact) mass is 493 g/mol. The van der Waals surface area contributed by atoms with Crippen LogP contribution >= 0.6 is 11.6 Å². The molecular formula is C26H25ClFN5O2. The van der Waals surface area contributed by atoms with Crippen LogP contribution in [0.15, 0.2) is 42.5 Å². The molecule has 2 aromatic heterocycles. The molecule has 4 aromatic rings. The second-order valence-corrected chi connectivity index (χ2v) is 9.22. The zero-order valence-electron chi connectivity index (χ0n) is 19.6. The van der Waals surface area contributed by atoms with Gasteiger partial charge in [0.2, 0.25) is 5.91 Å². The number of aryl methyl sites for hydroxylation is 2. The highest BCUT2D eigenvalue weighted by atomic mass is 35.5. The van der Waals surface area contributed by atoms with Crippen LogP contribution in [-0.4, -0.2) is 62.4 Å². The van der Waals surface area contributed by atoms with Crippen molar-refractivity contribution in [3.63, 3.8) is 0 Å². The number of aromatic nitrogens is 3. The smallest absolute Gasteiger partial charge is 0.255 e. The standard InChI is InChI=1S/C26H25ClFN5O2/c1-16-19(17(2)33-25(29-16)21-5-3-4-6-23(21)30-33)9-10-24(34)31-11-13-32(14-12-31)26(35)20-8-7-18(28)15-22(20)27/h3-8,15H,9-14H2,1-2H3. The highest BCUT2D eigenvalue weighted by molar-refractivity contribution is 6.33. The van der Waals surface area contributed by atoms with Gasteiger partial charge in [0.25, 0.3) is 5.91 Å². The Morgan fingerprint density at radius 2 is 1.74 bits per heavy atom. The van der Waals surface area contributed by atoms with Gasteiger partial charge in [0.15, 0.2) is 5.65 Å². The Morgan fingerprint density at radius 3 is 2.49 bits per heavy atom. The summed E-state index contributed by atoms with van der Waals surface area (Å²) in [7, 11) is 0. The van der Waals surface area contributed by atoms with Crippen molar-refractivity contribution in [1.29, 1.82) is 0 Å². The van der Waals surface area contributed by atoms with Gasteiger partial charge in [0, 0.05) is 49.4 Å². The van der Waals surface area contributed by atoms with Crippen molar-refractivity contribution in [2.75, 3.05) is 26.2 Å². The average molecular weight is 494 g/mol. The van der Waals surface area contributed by atoms with E-state index in [0.717, 1.165) is 39.6 Å². The Bertz CT molecular complexity index is 1460. The third-order valence-corrected chi connectivity index (χ3v) is 7.00. The van der Waals surface area contributed by atoms with Gasteiger partial charge in [-0.3, -0.25) is 9.59 Å². The lowest BCUT2D eigenvalue weighted by atomic mass is 10.1. The molecule has 180 valence electrons. The van der Waals surface area contributed by atoms with Crippen molar-refractivity contribution in [3.8, 4) is 0 Å². The number of carbonyl (C=O) groups excluding carboxylic acids is 2. The van der Waals surface area contributed by atoms with E-state index in [1.807, 2.05) is 42.6 Å². The van der Waals surface area contributed by atoms with Crippen LogP contribution in [0.4, 0.5) is 4.39 Å². The molecule has 2 amide bonds.